The highest BCUT2D eigenvalue weighted by Crippen LogP contribution is 2.31. The van der Waals surface area contributed by atoms with Gasteiger partial charge in [-0.1, -0.05) is 32.5 Å². The molecule has 0 aromatic carbocycles. The van der Waals surface area contributed by atoms with Crippen molar-refractivity contribution in [2.75, 3.05) is 0 Å². The summed E-state index contributed by atoms with van der Waals surface area (Å²) in [6, 6.07) is -0.139. The SMILES string of the molecule is CCC(NC(=O)C1CCCC1C)C(N)=S. The molecule has 0 radical (unpaired) electrons. The largest absolute Gasteiger partial charge is 0.392 e. The standard InChI is InChI=1S/C11H20N2OS/c1-3-9(10(12)15)13-11(14)8-6-4-5-7(8)2/h7-9H,3-6H2,1-2H3,(H2,12,15)(H,13,14). The molecule has 1 aliphatic carbocycles. The smallest absolute Gasteiger partial charge is 0.223 e. The summed E-state index contributed by atoms with van der Waals surface area (Å²) < 4.78 is 0. The van der Waals surface area contributed by atoms with Gasteiger partial charge >= 0.3 is 0 Å². The van der Waals surface area contributed by atoms with Crippen LogP contribution in [0.2, 0.25) is 0 Å². The topological polar surface area (TPSA) is 55.1 Å². The third kappa shape index (κ3) is 3.16. The van der Waals surface area contributed by atoms with E-state index in [9.17, 15) is 4.79 Å². The van der Waals surface area contributed by atoms with Gasteiger partial charge in [-0.3, -0.25) is 4.79 Å². The monoisotopic (exact) mass is 228 g/mol. The van der Waals surface area contributed by atoms with Gasteiger partial charge in [-0.25, -0.2) is 0 Å². The van der Waals surface area contributed by atoms with Crippen LogP contribution >= 0.6 is 12.2 Å². The van der Waals surface area contributed by atoms with Crippen LogP contribution in [0.25, 0.3) is 0 Å². The van der Waals surface area contributed by atoms with Gasteiger partial charge in [0.25, 0.3) is 0 Å². The lowest BCUT2D eigenvalue weighted by Crippen LogP contribution is -2.45. The van der Waals surface area contributed by atoms with Crippen molar-refractivity contribution < 1.29 is 4.79 Å². The number of amides is 1. The third-order valence-corrected chi connectivity index (χ3v) is 3.55. The Bertz CT molecular complexity index is 255. The molecular formula is C11H20N2OS. The van der Waals surface area contributed by atoms with Crippen molar-refractivity contribution >= 4 is 23.1 Å². The zero-order valence-electron chi connectivity index (χ0n) is 9.45. The van der Waals surface area contributed by atoms with E-state index in [1.807, 2.05) is 6.92 Å². The average Bonchev–Trinajstić information content (AvgIpc) is 2.60. The zero-order chi connectivity index (χ0) is 11.4. The minimum Gasteiger partial charge on any atom is -0.392 e. The number of carbonyl (C=O) groups excluding carboxylic acids is 1. The van der Waals surface area contributed by atoms with Gasteiger partial charge in [0, 0.05) is 5.92 Å². The van der Waals surface area contributed by atoms with E-state index in [1.165, 1.54) is 0 Å². The second-order valence-electron chi connectivity index (χ2n) is 4.39. The number of thiocarbonyl (C=S) groups is 1. The molecule has 0 spiro atoms. The minimum absolute atomic E-state index is 0.125. The van der Waals surface area contributed by atoms with Gasteiger partial charge in [0.15, 0.2) is 0 Å². The van der Waals surface area contributed by atoms with Gasteiger partial charge in [-0.2, -0.15) is 0 Å². The van der Waals surface area contributed by atoms with E-state index < -0.39 is 0 Å². The summed E-state index contributed by atoms with van der Waals surface area (Å²) in [6.07, 6.45) is 4.08. The Hall–Kier alpha value is -0.640. The van der Waals surface area contributed by atoms with Crippen molar-refractivity contribution in [3.63, 3.8) is 0 Å². The van der Waals surface area contributed by atoms with Crippen molar-refractivity contribution in [1.82, 2.24) is 5.32 Å². The lowest BCUT2D eigenvalue weighted by molar-refractivity contribution is -0.126. The molecular weight excluding hydrogens is 208 g/mol. The van der Waals surface area contributed by atoms with Gasteiger partial charge in [0.1, 0.15) is 0 Å². The first-order valence-corrected chi connectivity index (χ1v) is 6.06. The molecule has 0 saturated heterocycles. The molecule has 3 N–H and O–H groups in total. The molecule has 0 heterocycles. The van der Waals surface area contributed by atoms with Crippen LogP contribution in [0.5, 0.6) is 0 Å². The van der Waals surface area contributed by atoms with Crippen LogP contribution in [0.15, 0.2) is 0 Å². The Morgan fingerprint density at radius 2 is 2.27 bits per heavy atom. The molecule has 3 nitrogen and oxygen atoms in total. The molecule has 0 aromatic heterocycles. The second kappa shape index (κ2) is 5.45. The fourth-order valence-electron chi connectivity index (χ4n) is 2.19. The first kappa shape index (κ1) is 12.4. The van der Waals surface area contributed by atoms with Crippen LogP contribution in [0, 0.1) is 11.8 Å². The number of nitrogens with one attached hydrogen (secondary N) is 1. The van der Waals surface area contributed by atoms with Gasteiger partial charge in [-0.15, -0.1) is 0 Å². The van der Waals surface area contributed by atoms with Gasteiger partial charge < -0.3 is 11.1 Å². The fraction of sp³-hybridized carbons (Fsp3) is 0.818. The quantitative estimate of drug-likeness (QED) is 0.719. The van der Waals surface area contributed by atoms with Gasteiger partial charge in [0.05, 0.1) is 11.0 Å². The summed E-state index contributed by atoms with van der Waals surface area (Å²) in [5.74, 6) is 0.780. The van der Waals surface area contributed by atoms with Crippen LogP contribution in [0.4, 0.5) is 0 Å². The molecule has 1 aliphatic rings. The molecule has 3 atom stereocenters. The Labute approximate surface area is 96.8 Å². The minimum atomic E-state index is -0.139. The maximum absolute atomic E-state index is 11.9. The van der Waals surface area contributed by atoms with Crippen LogP contribution in [-0.2, 0) is 4.79 Å². The Balaban J connectivity index is 2.50. The molecule has 1 rings (SSSR count). The fourth-order valence-corrected chi connectivity index (χ4v) is 2.41. The lowest BCUT2D eigenvalue weighted by Gasteiger charge is -2.20. The van der Waals surface area contributed by atoms with Crippen molar-refractivity contribution in [2.24, 2.45) is 17.6 Å². The summed E-state index contributed by atoms with van der Waals surface area (Å²) in [4.78, 5) is 12.3. The number of nitrogens with two attached hydrogens (primary N) is 1. The molecule has 3 unspecified atom stereocenters. The summed E-state index contributed by atoms with van der Waals surface area (Å²) in [6.45, 7) is 4.11. The second-order valence-corrected chi connectivity index (χ2v) is 4.86. The van der Waals surface area contributed by atoms with E-state index in [1.54, 1.807) is 0 Å². The molecule has 86 valence electrons. The molecule has 0 aliphatic heterocycles. The van der Waals surface area contributed by atoms with E-state index in [2.05, 4.69) is 12.2 Å². The Kier molecular flexibility index (Phi) is 4.51. The number of rotatable bonds is 4. The number of hydrogen-bond donors (Lipinski definition) is 2. The van der Waals surface area contributed by atoms with Crippen LogP contribution in [0.3, 0.4) is 0 Å². The summed E-state index contributed by atoms with van der Waals surface area (Å²) in [5, 5.41) is 2.93. The molecule has 4 heteroatoms. The van der Waals surface area contributed by atoms with E-state index >= 15 is 0 Å². The molecule has 15 heavy (non-hydrogen) atoms. The maximum atomic E-state index is 11.9. The van der Waals surface area contributed by atoms with Gasteiger partial charge in [0.2, 0.25) is 5.91 Å². The first-order valence-electron chi connectivity index (χ1n) is 5.66. The molecule has 1 amide bonds. The van der Waals surface area contributed by atoms with E-state index in [0.717, 1.165) is 25.7 Å². The highest BCUT2D eigenvalue weighted by Gasteiger charge is 2.30. The van der Waals surface area contributed by atoms with Crippen molar-refractivity contribution in [3.05, 3.63) is 0 Å². The normalized spacial score (nSPS) is 27.3. The van der Waals surface area contributed by atoms with Crippen LogP contribution < -0.4 is 11.1 Å². The Morgan fingerprint density at radius 3 is 2.67 bits per heavy atom. The number of carbonyl (C=O) groups is 1. The van der Waals surface area contributed by atoms with E-state index in [4.69, 9.17) is 18.0 Å². The summed E-state index contributed by atoms with van der Waals surface area (Å²) in [5.41, 5.74) is 5.55. The third-order valence-electron chi connectivity index (χ3n) is 3.27. The summed E-state index contributed by atoms with van der Waals surface area (Å²) >= 11 is 4.90. The molecule has 1 saturated carbocycles. The van der Waals surface area contributed by atoms with Crippen LogP contribution in [-0.4, -0.2) is 16.9 Å². The predicted molar refractivity (Wildman–Crippen MR) is 65.5 cm³/mol. The van der Waals surface area contributed by atoms with Crippen molar-refractivity contribution in [3.8, 4) is 0 Å². The van der Waals surface area contributed by atoms with Crippen molar-refractivity contribution in [1.29, 1.82) is 0 Å². The highest BCUT2D eigenvalue weighted by molar-refractivity contribution is 7.80. The highest BCUT2D eigenvalue weighted by atomic mass is 32.1. The van der Waals surface area contributed by atoms with Crippen LogP contribution in [0.1, 0.15) is 39.5 Å². The lowest BCUT2D eigenvalue weighted by atomic mass is 9.97. The number of hydrogen-bond acceptors (Lipinski definition) is 2. The first-order chi connectivity index (χ1) is 7.06. The zero-order valence-corrected chi connectivity index (χ0v) is 10.3. The molecule has 1 fully saturated rings. The maximum Gasteiger partial charge on any atom is 0.223 e. The Morgan fingerprint density at radius 1 is 1.60 bits per heavy atom. The van der Waals surface area contributed by atoms with E-state index in [-0.39, 0.29) is 17.9 Å². The van der Waals surface area contributed by atoms with Gasteiger partial charge in [-0.05, 0) is 25.2 Å². The average molecular weight is 228 g/mol. The molecule has 0 aromatic rings. The predicted octanol–water partition coefficient (Wildman–Crippen LogP) is 1.60. The van der Waals surface area contributed by atoms with E-state index in [0.29, 0.717) is 10.9 Å². The van der Waals surface area contributed by atoms with Crippen molar-refractivity contribution in [2.45, 2.75) is 45.6 Å². The summed E-state index contributed by atoms with van der Waals surface area (Å²) in [7, 11) is 0. The molecule has 0 bridgehead atoms.